The molecule has 2 N–H and O–H groups in total. The summed E-state index contributed by atoms with van der Waals surface area (Å²) in [7, 11) is 0. The van der Waals surface area contributed by atoms with E-state index in [1.807, 2.05) is 22.7 Å². The summed E-state index contributed by atoms with van der Waals surface area (Å²) < 4.78 is 22.7. The van der Waals surface area contributed by atoms with E-state index in [9.17, 15) is 9.18 Å². The number of carbonyl (C=O) groups excluding carboxylic acids is 1. The molecule has 0 unspecified atom stereocenters. The van der Waals surface area contributed by atoms with E-state index in [1.54, 1.807) is 24.7 Å². The molecule has 1 aromatic carbocycles. The van der Waals surface area contributed by atoms with Gasteiger partial charge in [-0.3, -0.25) is 4.79 Å². The summed E-state index contributed by atoms with van der Waals surface area (Å²) in [5.41, 5.74) is 10.2. The van der Waals surface area contributed by atoms with Crippen molar-refractivity contribution in [2.24, 2.45) is 5.73 Å². The van der Waals surface area contributed by atoms with E-state index >= 15 is 0 Å². The van der Waals surface area contributed by atoms with Gasteiger partial charge < -0.3 is 19.4 Å². The van der Waals surface area contributed by atoms with Crippen molar-refractivity contribution in [3.63, 3.8) is 0 Å². The first-order chi connectivity index (χ1) is 14.1. The fraction of sp³-hybridized carbons (Fsp3) is 0.190. The Bertz CT molecular complexity index is 1210. The van der Waals surface area contributed by atoms with Crippen LogP contribution in [0.4, 0.5) is 4.39 Å². The number of rotatable bonds is 5. The fourth-order valence-electron chi connectivity index (χ4n) is 3.61. The molecular weight excluding hydrogens is 373 g/mol. The first-order valence-corrected chi connectivity index (χ1v) is 9.25. The normalized spacial score (nSPS) is 14.2. The third-order valence-corrected chi connectivity index (χ3v) is 5.14. The average Bonchev–Trinajstić information content (AvgIpc) is 3.25. The monoisotopic (exact) mass is 391 g/mol. The molecule has 7 nitrogen and oxygen atoms in total. The number of aromatic nitrogens is 4. The Hall–Kier alpha value is -3.52. The summed E-state index contributed by atoms with van der Waals surface area (Å²) in [5, 5.41) is 0. The van der Waals surface area contributed by atoms with Crippen molar-refractivity contribution >= 4 is 11.6 Å². The number of ether oxygens (including phenoxy) is 1. The number of benzene rings is 1. The first-order valence-electron chi connectivity index (χ1n) is 9.25. The van der Waals surface area contributed by atoms with Crippen LogP contribution in [0.5, 0.6) is 0 Å². The molecule has 1 aliphatic rings. The van der Waals surface area contributed by atoms with Gasteiger partial charge >= 0.3 is 0 Å². The van der Waals surface area contributed by atoms with Crippen molar-refractivity contribution < 1.29 is 13.9 Å². The van der Waals surface area contributed by atoms with Gasteiger partial charge in [-0.25, -0.2) is 14.4 Å². The minimum atomic E-state index is -0.416. The molecule has 0 spiro atoms. The minimum Gasteiger partial charge on any atom is -0.377 e. The van der Waals surface area contributed by atoms with Crippen molar-refractivity contribution in [2.45, 2.75) is 12.5 Å². The van der Waals surface area contributed by atoms with Crippen molar-refractivity contribution in [2.75, 3.05) is 13.2 Å². The van der Waals surface area contributed by atoms with E-state index < -0.39 is 5.91 Å². The van der Waals surface area contributed by atoms with Crippen molar-refractivity contribution in [1.82, 2.24) is 18.9 Å². The molecule has 0 radical (unpaired) electrons. The first kappa shape index (κ1) is 17.6. The summed E-state index contributed by atoms with van der Waals surface area (Å²) in [6.45, 7) is 1.24. The van der Waals surface area contributed by atoms with Crippen molar-refractivity contribution in [3.8, 4) is 22.5 Å². The Balaban J connectivity index is 1.68. The molecule has 5 rings (SSSR count). The number of halogens is 1. The highest BCUT2D eigenvalue weighted by Gasteiger charge is 2.26. The van der Waals surface area contributed by atoms with Gasteiger partial charge in [-0.15, -0.1) is 0 Å². The lowest BCUT2D eigenvalue weighted by Gasteiger charge is -2.29. The highest BCUT2D eigenvalue weighted by Crippen LogP contribution is 2.35. The third kappa shape index (κ3) is 3.07. The number of fused-ring (bicyclic) bond motifs is 1. The lowest BCUT2D eigenvalue weighted by atomic mass is 10.0. The Morgan fingerprint density at radius 3 is 2.59 bits per heavy atom. The van der Waals surface area contributed by atoms with E-state index in [1.165, 1.54) is 12.1 Å². The van der Waals surface area contributed by atoms with E-state index in [2.05, 4.69) is 14.5 Å². The summed E-state index contributed by atoms with van der Waals surface area (Å²) in [4.78, 5) is 20.4. The molecule has 1 saturated heterocycles. The predicted octanol–water partition coefficient (Wildman–Crippen LogP) is 2.60. The Labute approximate surface area is 165 Å². The minimum absolute atomic E-state index is 0.102. The Morgan fingerprint density at radius 2 is 1.90 bits per heavy atom. The molecule has 8 heteroatoms. The number of primary amides is 1. The quantitative estimate of drug-likeness (QED) is 0.567. The van der Waals surface area contributed by atoms with E-state index in [0.29, 0.717) is 13.2 Å². The smallest absolute Gasteiger partial charge is 0.223 e. The van der Waals surface area contributed by atoms with E-state index in [4.69, 9.17) is 10.5 Å². The van der Waals surface area contributed by atoms with Crippen LogP contribution in [-0.4, -0.2) is 38.1 Å². The SMILES string of the molecule is NC(=O)Cc1cnc2ccc(-c3c(-c4ccc(F)cc4)ncn3C3COC3)cn12. The van der Waals surface area contributed by atoms with Gasteiger partial charge in [0.1, 0.15) is 11.5 Å². The van der Waals surface area contributed by atoms with Crippen molar-refractivity contribution in [1.29, 1.82) is 0 Å². The molecule has 4 aromatic rings. The average molecular weight is 391 g/mol. The molecule has 3 aromatic heterocycles. The molecular formula is C21H18FN5O2. The number of imidazole rings is 2. The standard InChI is InChI=1S/C21H18FN5O2/c22-15-4-1-13(2-5-15)20-21(27(12-25-20)17-10-29-11-17)14-3-6-19-24-8-16(7-18(23)28)26(19)9-14/h1-6,8-9,12,17H,7,10-11H2,(H2,23,28). The molecule has 1 fully saturated rings. The van der Waals surface area contributed by atoms with Gasteiger partial charge in [-0.1, -0.05) is 0 Å². The maximum Gasteiger partial charge on any atom is 0.223 e. The molecule has 0 aliphatic carbocycles. The van der Waals surface area contributed by atoms with Gasteiger partial charge in [0.25, 0.3) is 0 Å². The van der Waals surface area contributed by atoms with Crippen LogP contribution < -0.4 is 5.73 Å². The molecule has 1 aliphatic heterocycles. The number of nitrogens with zero attached hydrogens (tertiary/aromatic N) is 4. The summed E-state index contributed by atoms with van der Waals surface area (Å²) in [5.74, 6) is -0.709. The predicted molar refractivity (Wildman–Crippen MR) is 105 cm³/mol. The number of amides is 1. The van der Waals surface area contributed by atoms with Gasteiger partial charge in [-0.2, -0.15) is 0 Å². The second-order valence-corrected chi connectivity index (χ2v) is 7.09. The van der Waals surface area contributed by atoms with E-state index in [0.717, 1.165) is 33.9 Å². The van der Waals surface area contributed by atoms with Gasteiger partial charge in [0.15, 0.2) is 0 Å². The number of hydrogen-bond acceptors (Lipinski definition) is 4. The summed E-state index contributed by atoms with van der Waals surface area (Å²) in [6, 6.07) is 10.3. The van der Waals surface area contributed by atoms with Gasteiger partial charge in [-0.05, 0) is 36.4 Å². The highest BCUT2D eigenvalue weighted by molar-refractivity contribution is 5.79. The topological polar surface area (TPSA) is 87.4 Å². The van der Waals surface area contributed by atoms with Crippen molar-refractivity contribution in [3.05, 3.63) is 66.6 Å². The van der Waals surface area contributed by atoms with Gasteiger partial charge in [0.05, 0.1) is 49.1 Å². The largest absolute Gasteiger partial charge is 0.377 e. The molecule has 4 heterocycles. The molecule has 0 atom stereocenters. The zero-order valence-corrected chi connectivity index (χ0v) is 15.5. The molecule has 29 heavy (non-hydrogen) atoms. The van der Waals surface area contributed by atoms with Crippen LogP contribution in [0.25, 0.3) is 28.2 Å². The molecule has 0 saturated carbocycles. The molecule has 0 bridgehead atoms. The Morgan fingerprint density at radius 1 is 1.14 bits per heavy atom. The number of nitrogens with two attached hydrogens (primary N) is 1. The van der Waals surface area contributed by atoms with E-state index in [-0.39, 0.29) is 18.3 Å². The lowest BCUT2D eigenvalue weighted by Crippen LogP contribution is -2.30. The van der Waals surface area contributed by atoms with Gasteiger partial charge in [0.2, 0.25) is 5.91 Å². The molecule has 1 amide bonds. The maximum atomic E-state index is 13.4. The van der Waals surface area contributed by atoms with Crippen LogP contribution in [0.2, 0.25) is 0 Å². The van der Waals surface area contributed by atoms with Crippen LogP contribution in [0, 0.1) is 5.82 Å². The number of pyridine rings is 1. The fourth-order valence-corrected chi connectivity index (χ4v) is 3.61. The number of carbonyl (C=O) groups is 1. The second kappa shape index (κ2) is 6.82. The highest BCUT2D eigenvalue weighted by atomic mass is 19.1. The van der Waals surface area contributed by atoms with Crippen LogP contribution >= 0.6 is 0 Å². The van der Waals surface area contributed by atoms with Crippen LogP contribution in [0.1, 0.15) is 11.7 Å². The summed E-state index contributed by atoms with van der Waals surface area (Å²) >= 11 is 0. The van der Waals surface area contributed by atoms with Crippen LogP contribution in [-0.2, 0) is 16.0 Å². The lowest BCUT2D eigenvalue weighted by molar-refractivity contribution is -0.117. The zero-order chi connectivity index (χ0) is 20.0. The zero-order valence-electron chi connectivity index (χ0n) is 15.5. The molecule has 146 valence electrons. The maximum absolute atomic E-state index is 13.4. The third-order valence-electron chi connectivity index (χ3n) is 5.14. The second-order valence-electron chi connectivity index (χ2n) is 7.09. The Kier molecular flexibility index (Phi) is 4.13. The van der Waals surface area contributed by atoms with Gasteiger partial charge in [0, 0.05) is 23.5 Å². The van der Waals surface area contributed by atoms with Crippen LogP contribution in [0.3, 0.4) is 0 Å². The summed E-state index contributed by atoms with van der Waals surface area (Å²) in [6.07, 6.45) is 5.48. The van der Waals surface area contributed by atoms with Crippen LogP contribution in [0.15, 0.2) is 55.1 Å². The number of hydrogen-bond donors (Lipinski definition) is 1.